The van der Waals surface area contributed by atoms with E-state index in [4.69, 9.17) is 30.8 Å². The molecule has 0 amide bonds. The zero-order valence-electron chi connectivity index (χ0n) is 23.3. The number of carbonyl (C=O) groups is 2. The Balaban J connectivity index is 1.48. The lowest BCUT2D eigenvalue weighted by Crippen LogP contribution is -2.36. The minimum atomic E-state index is -1.54. The number of rotatable bonds is 7. The fourth-order valence-electron chi connectivity index (χ4n) is 6.18. The largest absolute Gasteiger partial charge is 0.497 e. The number of nitrogens with two attached hydrogens (primary N) is 2. The van der Waals surface area contributed by atoms with Crippen molar-refractivity contribution in [2.75, 3.05) is 13.7 Å². The van der Waals surface area contributed by atoms with Crippen molar-refractivity contribution >= 4 is 23.2 Å². The summed E-state index contributed by atoms with van der Waals surface area (Å²) >= 11 is 0. The van der Waals surface area contributed by atoms with Gasteiger partial charge in [0.15, 0.2) is 6.10 Å². The van der Waals surface area contributed by atoms with Crippen molar-refractivity contribution in [2.24, 2.45) is 11.6 Å². The third-order valence-corrected chi connectivity index (χ3v) is 8.38. The van der Waals surface area contributed by atoms with E-state index in [0.717, 1.165) is 41.5 Å². The zero-order chi connectivity index (χ0) is 29.5. The summed E-state index contributed by atoms with van der Waals surface area (Å²) in [6, 6.07) is 7.20. The average molecular weight is 576 g/mol. The zero-order valence-corrected chi connectivity index (χ0v) is 23.3. The molecule has 3 aromatic rings. The monoisotopic (exact) mass is 575 g/mol. The number of aliphatic hydroxyl groups excluding tert-OH is 1. The lowest BCUT2D eigenvalue weighted by Gasteiger charge is -2.30. The number of esters is 1. The first kappa shape index (κ1) is 27.9. The molecule has 1 aliphatic carbocycles. The molecule has 1 aromatic carbocycles. The number of hydrogen-bond acceptors (Lipinski definition) is 11. The van der Waals surface area contributed by atoms with Crippen LogP contribution in [0.25, 0.3) is 22.3 Å². The molecule has 2 unspecified atom stereocenters. The van der Waals surface area contributed by atoms with E-state index in [0.29, 0.717) is 47.5 Å². The minimum Gasteiger partial charge on any atom is -0.497 e. The highest BCUT2D eigenvalue weighted by Gasteiger charge is 2.35. The van der Waals surface area contributed by atoms with Crippen LogP contribution in [0.3, 0.4) is 0 Å². The first-order valence-corrected chi connectivity index (χ1v) is 14.0. The Hall–Kier alpha value is -4.26. The number of methoxy groups -OCH3 is 1. The van der Waals surface area contributed by atoms with Gasteiger partial charge in [0, 0.05) is 16.5 Å². The summed E-state index contributed by atoms with van der Waals surface area (Å²) in [4.78, 5) is 41.5. The second-order valence-corrected chi connectivity index (χ2v) is 10.8. The molecule has 5 N–H and O–H groups in total. The Morgan fingerprint density at radius 3 is 2.83 bits per heavy atom. The van der Waals surface area contributed by atoms with Gasteiger partial charge in [0.25, 0.3) is 5.56 Å². The first-order valence-electron chi connectivity index (χ1n) is 14.0. The number of hydrazine groups is 1. The van der Waals surface area contributed by atoms with E-state index in [2.05, 4.69) is 0 Å². The standard InChI is InChI=1S/C30H33N5O7/c1-40-16-7-8-22-17(11-16)19(14-35(32)23-5-3-2-4-6-25(26(23)31)41-10-9-36)20-13-34-24(27(20)33-22)12-18-21(29(34)38)15-42-30(39)28(18)37/h7-9,11-12,25,28,37H,2-6,10,13-15,31-32H2,1H3/b26-23-. The Morgan fingerprint density at radius 1 is 1.21 bits per heavy atom. The van der Waals surface area contributed by atoms with Crippen molar-refractivity contribution in [3.63, 3.8) is 0 Å². The molecule has 0 spiro atoms. The number of benzene rings is 1. The molecule has 0 saturated carbocycles. The number of hydrogen-bond donors (Lipinski definition) is 3. The maximum atomic E-state index is 13.6. The molecule has 2 aliphatic heterocycles. The molecule has 2 atom stereocenters. The summed E-state index contributed by atoms with van der Waals surface area (Å²) in [6.07, 6.45) is 2.93. The molecule has 0 bridgehead atoms. The number of ether oxygens (including phenoxy) is 3. The number of pyridine rings is 2. The first-order chi connectivity index (χ1) is 20.3. The van der Waals surface area contributed by atoms with Crippen molar-refractivity contribution in [3.8, 4) is 17.1 Å². The van der Waals surface area contributed by atoms with Crippen LogP contribution in [0.1, 0.15) is 60.5 Å². The van der Waals surface area contributed by atoms with Crippen LogP contribution >= 0.6 is 0 Å². The predicted molar refractivity (Wildman–Crippen MR) is 152 cm³/mol. The third kappa shape index (κ3) is 4.71. The van der Waals surface area contributed by atoms with Crippen LogP contribution in [0.4, 0.5) is 0 Å². The SMILES string of the molecule is COc1ccc2nc3c(c(CN(N)/C4=C(\N)C(OCC=O)CCCCC4)c2c1)Cn1c-3cc2c(c1=O)COC(=O)C2O. The van der Waals surface area contributed by atoms with Crippen molar-refractivity contribution in [1.82, 2.24) is 14.6 Å². The van der Waals surface area contributed by atoms with Gasteiger partial charge in [-0.3, -0.25) is 4.79 Å². The van der Waals surface area contributed by atoms with Gasteiger partial charge < -0.3 is 39.4 Å². The smallest absolute Gasteiger partial charge is 0.340 e. The van der Waals surface area contributed by atoms with Crippen LogP contribution in [0.5, 0.6) is 5.75 Å². The second-order valence-electron chi connectivity index (χ2n) is 10.8. The molecule has 0 saturated heterocycles. The molecule has 12 nitrogen and oxygen atoms in total. The minimum absolute atomic E-state index is 0.0478. The number of aromatic nitrogens is 2. The number of aliphatic hydroxyl groups is 1. The number of allylic oxidation sites excluding steroid dienone is 1. The van der Waals surface area contributed by atoms with Gasteiger partial charge in [-0.15, -0.1) is 0 Å². The van der Waals surface area contributed by atoms with Gasteiger partial charge in [0.05, 0.1) is 60.2 Å². The lowest BCUT2D eigenvalue weighted by atomic mass is 9.97. The Kier molecular flexibility index (Phi) is 7.43. The predicted octanol–water partition coefficient (Wildman–Crippen LogP) is 1.92. The van der Waals surface area contributed by atoms with Gasteiger partial charge >= 0.3 is 5.97 Å². The van der Waals surface area contributed by atoms with E-state index >= 15 is 0 Å². The molecule has 3 aliphatic rings. The molecule has 0 radical (unpaired) electrons. The number of aldehydes is 1. The summed E-state index contributed by atoms with van der Waals surface area (Å²) in [5.41, 5.74) is 11.4. The maximum absolute atomic E-state index is 13.6. The number of carbonyl (C=O) groups excluding carboxylic acids is 2. The molecular formula is C30H33N5O7. The third-order valence-electron chi connectivity index (χ3n) is 8.38. The van der Waals surface area contributed by atoms with Crippen LogP contribution in [-0.4, -0.2) is 51.7 Å². The van der Waals surface area contributed by atoms with E-state index in [9.17, 15) is 19.5 Å². The van der Waals surface area contributed by atoms with E-state index in [1.54, 1.807) is 22.8 Å². The fourth-order valence-corrected chi connectivity index (χ4v) is 6.18. The summed E-state index contributed by atoms with van der Waals surface area (Å²) in [6.45, 7) is 0.229. The van der Waals surface area contributed by atoms with Gasteiger partial charge in [0.1, 0.15) is 25.2 Å². The van der Waals surface area contributed by atoms with Crippen LogP contribution < -0.4 is 21.9 Å². The second kappa shape index (κ2) is 11.2. The quantitative estimate of drug-likeness (QED) is 0.127. The normalized spacial score (nSPS) is 21.5. The van der Waals surface area contributed by atoms with E-state index in [-0.39, 0.29) is 43.0 Å². The summed E-state index contributed by atoms with van der Waals surface area (Å²) in [5.74, 6) is 6.62. The van der Waals surface area contributed by atoms with Crippen molar-refractivity contribution in [1.29, 1.82) is 0 Å². The molecular weight excluding hydrogens is 542 g/mol. The average Bonchev–Trinajstić information content (AvgIpc) is 3.35. The van der Waals surface area contributed by atoms with Gasteiger partial charge in [-0.1, -0.05) is 12.8 Å². The van der Waals surface area contributed by atoms with Crippen molar-refractivity contribution in [3.05, 3.63) is 68.3 Å². The Morgan fingerprint density at radius 2 is 2.05 bits per heavy atom. The Labute approximate surface area is 241 Å². The van der Waals surface area contributed by atoms with Crippen LogP contribution in [0.15, 0.2) is 40.5 Å². The van der Waals surface area contributed by atoms with Gasteiger partial charge in [-0.2, -0.15) is 0 Å². The highest BCUT2D eigenvalue weighted by molar-refractivity contribution is 5.89. The highest BCUT2D eigenvalue weighted by Crippen LogP contribution is 2.39. The molecule has 6 rings (SSSR count). The maximum Gasteiger partial charge on any atom is 0.340 e. The molecule has 12 heteroatoms. The van der Waals surface area contributed by atoms with Gasteiger partial charge in [-0.25, -0.2) is 15.6 Å². The van der Waals surface area contributed by atoms with Crippen molar-refractivity contribution < 1.29 is 28.9 Å². The fraction of sp³-hybridized carbons (Fsp3) is 0.400. The molecule has 42 heavy (non-hydrogen) atoms. The van der Waals surface area contributed by atoms with Crippen molar-refractivity contribution in [2.45, 2.75) is 64.0 Å². The van der Waals surface area contributed by atoms with Crippen LogP contribution in [0.2, 0.25) is 0 Å². The molecule has 0 fully saturated rings. The summed E-state index contributed by atoms with van der Waals surface area (Å²) in [5, 5.41) is 12.9. The Bertz CT molecular complexity index is 1680. The molecule has 2 aromatic heterocycles. The number of cyclic esters (lactones) is 1. The van der Waals surface area contributed by atoms with E-state index in [1.807, 2.05) is 18.2 Å². The van der Waals surface area contributed by atoms with Crippen LogP contribution in [0, 0.1) is 0 Å². The van der Waals surface area contributed by atoms with Crippen LogP contribution in [-0.2, 0) is 38.8 Å². The molecule has 4 heterocycles. The van der Waals surface area contributed by atoms with E-state index in [1.165, 1.54) is 0 Å². The topological polar surface area (TPSA) is 172 Å². The van der Waals surface area contributed by atoms with Gasteiger partial charge in [0.2, 0.25) is 0 Å². The number of fused-ring (bicyclic) bond motifs is 5. The summed E-state index contributed by atoms with van der Waals surface area (Å²) in [7, 11) is 1.59. The van der Waals surface area contributed by atoms with Gasteiger partial charge in [-0.05, 0) is 49.1 Å². The van der Waals surface area contributed by atoms with E-state index < -0.39 is 18.2 Å². The number of nitrogens with zero attached hydrogens (tertiary/aromatic N) is 3. The lowest BCUT2D eigenvalue weighted by molar-refractivity contribution is -0.157. The molecule has 220 valence electrons. The highest BCUT2D eigenvalue weighted by atomic mass is 16.5. The summed E-state index contributed by atoms with van der Waals surface area (Å²) < 4.78 is 17.9.